The molecule has 1 aromatic heterocycles. The van der Waals surface area contributed by atoms with Crippen molar-refractivity contribution in [2.75, 3.05) is 19.8 Å². The lowest BCUT2D eigenvalue weighted by Gasteiger charge is -2.19. The molecule has 1 N–H and O–H groups in total. The molecule has 1 unspecified atom stereocenters. The molecule has 1 aliphatic rings. The number of benzene rings is 1. The van der Waals surface area contributed by atoms with Crippen LogP contribution < -0.4 is 14.8 Å². The summed E-state index contributed by atoms with van der Waals surface area (Å²) >= 11 is 1.82. The van der Waals surface area contributed by atoms with Gasteiger partial charge in [0, 0.05) is 10.9 Å². The third-order valence-electron chi connectivity index (χ3n) is 3.71. The van der Waals surface area contributed by atoms with Gasteiger partial charge in [0.1, 0.15) is 13.2 Å². The van der Waals surface area contributed by atoms with Crippen LogP contribution in [0.15, 0.2) is 35.7 Å². The van der Waals surface area contributed by atoms with Crippen molar-refractivity contribution in [3.63, 3.8) is 0 Å². The molecule has 1 aromatic carbocycles. The van der Waals surface area contributed by atoms with E-state index in [1.807, 2.05) is 17.4 Å². The molecule has 3 rings (SSSR count). The molecule has 2 heterocycles. The van der Waals surface area contributed by atoms with E-state index in [0.717, 1.165) is 30.9 Å². The zero-order valence-electron chi connectivity index (χ0n) is 12.3. The maximum atomic E-state index is 5.63. The molecule has 0 spiro atoms. The molecule has 21 heavy (non-hydrogen) atoms. The Morgan fingerprint density at radius 3 is 2.81 bits per heavy atom. The highest BCUT2D eigenvalue weighted by molar-refractivity contribution is 7.10. The first-order valence-corrected chi connectivity index (χ1v) is 8.40. The lowest BCUT2D eigenvalue weighted by atomic mass is 10.1. The third kappa shape index (κ3) is 3.57. The Kier molecular flexibility index (Phi) is 4.78. The van der Waals surface area contributed by atoms with Crippen LogP contribution in [0.4, 0.5) is 0 Å². The summed E-state index contributed by atoms with van der Waals surface area (Å²) in [7, 11) is 0. The zero-order valence-corrected chi connectivity index (χ0v) is 13.1. The van der Waals surface area contributed by atoms with Gasteiger partial charge in [-0.2, -0.15) is 0 Å². The monoisotopic (exact) mass is 303 g/mol. The molecule has 1 atom stereocenters. The van der Waals surface area contributed by atoms with Crippen LogP contribution in [-0.4, -0.2) is 19.8 Å². The minimum absolute atomic E-state index is 0.460. The highest BCUT2D eigenvalue weighted by Crippen LogP contribution is 2.30. The van der Waals surface area contributed by atoms with Crippen LogP contribution in [0, 0.1) is 0 Å². The molecule has 0 saturated carbocycles. The van der Waals surface area contributed by atoms with Gasteiger partial charge in [0.2, 0.25) is 0 Å². The standard InChI is InChI=1S/C17H21NO2S/c1-2-14(17-4-3-11-21-17)18-8-7-13-5-6-15-16(12-13)20-10-9-19-15/h3-6,11-12,14,18H,2,7-10H2,1H3. The molecule has 3 nitrogen and oxygen atoms in total. The van der Waals surface area contributed by atoms with E-state index in [9.17, 15) is 0 Å². The van der Waals surface area contributed by atoms with Gasteiger partial charge in [-0.25, -0.2) is 0 Å². The number of rotatable bonds is 6. The molecule has 112 valence electrons. The van der Waals surface area contributed by atoms with Crippen molar-refractivity contribution < 1.29 is 9.47 Å². The van der Waals surface area contributed by atoms with Crippen LogP contribution in [0.1, 0.15) is 29.8 Å². The minimum atomic E-state index is 0.460. The van der Waals surface area contributed by atoms with Crippen LogP contribution in [0.5, 0.6) is 11.5 Å². The molecule has 0 radical (unpaired) electrons. The summed E-state index contributed by atoms with van der Waals surface area (Å²) in [4.78, 5) is 1.42. The smallest absolute Gasteiger partial charge is 0.161 e. The van der Waals surface area contributed by atoms with Gasteiger partial charge in [-0.05, 0) is 48.5 Å². The fourth-order valence-electron chi connectivity index (χ4n) is 2.57. The average Bonchev–Trinajstić information content (AvgIpc) is 3.05. The summed E-state index contributed by atoms with van der Waals surface area (Å²) in [5.41, 5.74) is 1.28. The Hall–Kier alpha value is -1.52. The van der Waals surface area contributed by atoms with Gasteiger partial charge in [-0.1, -0.05) is 19.1 Å². The van der Waals surface area contributed by atoms with Gasteiger partial charge >= 0.3 is 0 Å². The average molecular weight is 303 g/mol. The number of nitrogens with one attached hydrogen (secondary N) is 1. The highest BCUT2D eigenvalue weighted by Gasteiger charge is 2.12. The van der Waals surface area contributed by atoms with Crippen LogP contribution in [0.2, 0.25) is 0 Å². The fourth-order valence-corrected chi connectivity index (χ4v) is 3.46. The summed E-state index contributed by atoms with van der Waals surface area (Å²) in [5, 5.41) is 5.78. The molecule has 0 amide bonds. The van der Waals surface area contributed by atoms with E-state index >= 15 is 0 Å². The summed E-state index contributed by atoms with van der Waals surface area (Å²) < 4.78 is 11.2. The van der Waals surface area contributed by atoms with Crippen LogP contribution >= 0.6 is 11.3 Å². The summed E-state index contributed by atoms with van der Waals surface area (Å²) in [6.07, 6.45) is 2.11. The summed E-state index contributed by atoms with van der Waals surface area (Å²) in [5.74, 6) is 1.74. The second-order valence-electron chi connectivity index (χ2n) is 5.16. The normalized spacial score (nSPS) is 14.9. The van der Waals surface area contributed by atoms with Crippen molar-refractivity contribution in [2.24, 2.45) is 0 Å². The van der Waals surface area contributed by atoms with Crippen molar-refractivity contribution in [2.45, 2.75) is 25.8 Å². The first-order chi connectivity index (χ1) is 10.4. The first kappa shape index (κ1) is 14.4. The van der Waals surface area contributed by atoms with Crippen LogP contribution in [0.3, 0.4) is 0 Å². The predicted octanol–water partition coefficient (Wildman–Crippen LogP) is 3.80. The van der Waals surface area contributed by atoms with Crippen LogP contribution in [-0.2, 0) is 6.42 Å². The molecule has 0 bridgehead atoms. The lowest BCUT2D eigenvalue weighted by molar-refractivity contribution is 0.171. The molecule has 0 fully saturated rings. The van der Waals surface area contributed by atoms with Crippen molar-refractivity contribution >= 4 is 11.3 Å². The van der Waals surface area contributed by atoms with Crippen molar-refractivity contribution in [1.82, 2.24) is 5.32 Å². The maximum Gasteiger partial charge on any atom is 0.161 e. The molecule has 2 aromatic rings. The molecule has 0 saturated heterocycles. The van der Waals surface area contributed by atoms with E-state index in [4.69, 9.17) is 9.47 Å². The number of thiophene rings is 1. The van der Waals surface area contributed by atoms with Gasteiger partial charge in [0.05, 0.1) is 0 Å². The van der Waals surface area contributed by atoms with E-state index in [1.54, 1.807) is 0 Å². The lowest BCUT2D eigenvalue weighted by Crippen LogP contribution is -2.22. The summed E-state index contributed by atoms with van der Waals surface area (Å²) in [6.45, 7) is 4.48. The van der Waals surface area contributed by atoms with Gasteiger partial charge in [-0.15, -0.1) is 11.3 Å². The van der Waals surface area contributed by atoms with Crippen molar-refractivity contribution in [3.8, 4) is 11.5 Å². The second kappa shape index (κ2) is 6.96. The van der Waals surface area contributed by atoms with E-state index in [1.165, 1.54) is 10.4 Å². The quantitative estimate of drug-likeness (QED) is 0.880. The molecular formula is C17H21NO2S. The minimum Gasteiger partial charge on any atom is -0.486 e. The van der Waals surface area contributed by atoms with Gasteiger partial charge in [0.25, 0.3) is 0 Å². The molecular weight excluding hydrogens is 282 g/mol. The van der Waals surface area contributed by atoms with E-state index < -0.39 is 0 Å². The van der Waals surface area contributed by atoms with Gasteiger partial charge in [0.15, 0.2) is 11.5 Å². The van der Waals surface area contributed by atoms with E-state index in [-0.39, 0.29) is 0 Å². The molecule has 1 aliphatic heterocycles. The first-order valence-electron chi connectivity index (χ1n) is 7.52. The zero-order chi connectivity index (χ0) is 14.5. The van der Waals surface area contributed by atoms with E-state index in [2.05, 4.69) is 41.9 Å². The van der Waals surface area contributed by atoms with Gasteiger partial charge in [-0.3, -0.25) is 0 Å². The molecule has 4 heteroatoms. The Labute approximate surface area is 129 Å². The van der Waals surface area contributed by atoms with Crippen molar-refractivity contribution in [1.29, 1.82) is 0 Å². The van der Waals surface area contributed by atoms with Gasteiger partial charge < -0.3 is 14.8 Å². The number of ether oxygens (including phenoxy) is 2. The predicted molar refractivity (Wildman–Crippen MR) is 86.5 cm³/mol. The van der Waals surface area contributed by atoms with Crippen molar-refractivity contribution in [3.05, 3.63) is 46.2 Å². The molecule has 0 aliphatic carbocycles. The number of hydrogen-bond donors (Lipinski definition) is 1. The number of fused-ring (bicyclic) bond motifs is 1. The maximum absolute atomic E-state index is 5.63. The summed E-state index contributed by atoms with van der Waals surface area (Å²) in [6, 6.07) is 11.0. The largest absolute Gasteiger partial charge is 0.486 e. The SMILES string of the molecule is CCC(NCCc1ccc2c(c1)OCCO2)c1cccs1. The second-order valence-corrected chi connectivity index (χ2v) is 6.14. The number of hydrogen-bond acceptors (Lipinski definition) is 4. The Bertz CT molecular complexity index is 568. The van der Waals surface area contributed by atoms with Crippen LogP contribution in [0.25, 0.3) is 0 Å². The Balaban J connectivity index is 1.55. The van der Waals surface area contributed by atoms with E-state index in [0.29, 0.717) is 19.3 Å². The Morgan fingerprint density at radius 2 is 2.05 bits per heavy atom. The topological polar surface area (TPSA) is 30.5 Å². The highest BCUT2D eigenvalue weighted by atomic mass is 32.1. The third-order valence-corrected chi connectivity index (χ3v) is 4.69. The fraction of sp³-hybridized carbons (Fsp3) is 0.412. The Morgan fingerprint density at radius 1 is 1.19 bits per heavy atom.